The molecule has 2 heterocycles. The number of nitrogens with one attached hydrogen (secondary N) is 1. The Kier molecular flexibility index (Phi) is 4.38. The van der Waals surface area contributed by atoms with E-state index in [4.69, 9.17) is 4.74 Å². The third kappa shape index (κ3) is 3.75. The Balaban J connectivity index is 1.79. The molecule has 90 valence electrons. The molecule has 0 spiro atoms. The van der Waals surface area contributed by atoms with E-state index in [1.54, 1.807) is 17.5 Å². The Hall–Kier alpha value is -1.55. The van der Waals surface area contributed by atoms with Gasteiger partial charge in [0.15, 0.2) is 0 Å². The summed E-state index contributed by atoms with van der Waals surface area (Å²) in [5.41, 5.74) is 1.03. The lowest BCUT2D eigenvalue weighted by Crippen LogP contribution is -2.04. The molecule has 0 aliphatic heterocycles. The van der Waals surface area contributed by atoms with E-state index in [9.17, 15) is 0 Å². The molecule has 0 aliphatic carbocycles. The van der Waals surface area contributed by atoms with E-state index in [0.717, 1.165) is 18.7 Å². The van der Waals surface area contributed by atoms with Crippen LogP contribution in [0.15, 0.2) is 35.8 Å². The first kappa shape index (κ1) is 11.9. The molecule has 0 saturated heterocycles. The summed E-state index contributed by atoms with van der Waals surface area (Å²) in [7, 11) is 0. The molecule has 0 unspecified atom stereocenters. The van der Waals surface area contributed by atoms with Crippen molar-refractivity contribution >= 4 is 17.0 Å². The number of ether oxygens (including phenoxy) is 1. The van der Waals surface area contributed by atoms with Crippen molar-refractivity contribution in [3.8, 4) is 5.88 Å². The van der Waals surface area contributed by atoms with Gasteiger partial charge in [-0.05, 0) is 30.9 Å². The first-order chi connectivity index (χ1) is 8.38. The summed E-state index contributed by atoms with van der Waals surface area (Å²) in [6, 6.07) is 8.12. The van der Waals surface area contributed by atoms with E-state index < -0.39 is 0 Å². The van der Waals surface area contributed by atoms with Gasteiger partial charge in [-0.25, -0.2) is 4.98 Å². The lowest BCUT2D eigenvalue weighted by molar-refractivity contribution is 0.327. The van der Waals surface area contributed by atoms with Crippen LogP contribution in [0.25, 0.3) is 0 Å². The van der Waals surface area contributed by atoms with Crippen molar-refractivity contribution in [1.29, 1.82) is 0 Å². The molecule has 0 aliphatic rings. The fraction of sp³-hybridized carbons (Fsp3) is 0.308. The number of hydrogen-bond donors (Lipinski definition) is 1. The first-order valence-corrected chi connectivity index (χ1v) is 6.61. The van der Waals surface area contributed by atoms with Gasteiger partial charge in [0.25, 0.3) is 0 Å². The zero-order valence-corrected chi connectivity index (χ0v) is 10.7. The molecule has 4 heteroatoms. The topological polar surface area (TPSA) is 34.1 Å². The van der Waals surface area contributed by atoms with Gasteiger partial charge in [-0.3, -0.25) is 0 Å². The number of hydrogen-bond acceptors (Lipinski definition) is 4. The normalized spacial score (nSPS) is 10.2. The Morgan fingerprint density at radius 2 is 2.29 bits per heavy atom. The summed E-state index contributed by atoms with van der Waals surface area (Å²) in [5, 5.41) is 5.45. The second-order valence-corrected chi connectivity index (χ2v) is 4.61. The van der Waals surface area contributed by atoms with Gasteiger partial charge in [0, 0.05) is 17.5 Å². The summed E-state index contributed by atoms with van der Waals surface area (Å²) in [4.78, 5) is 5.60. The van der Waals surface area contributed by atoms with Crippen LogP contribution in [0.4, 0.5) is 5.69 Å². The van der Waals surface area contributed by atoms with Crippen LogP contribution in [0.5, 0.6) is 5.88 Å². The average Bonchev–Trinajstić information content (AvgIpc) is 2.85. The molecule has 2 rings (SSSR count). The van der Waals surface area contributed by atoms with Crippen molar-refractivity contribution in [3.63, 3.8) is 0 Å². The highest BCUT2D eigenvalue weighted by molar-refractivity contribution is 7.09. The van der Waals surface area contributed by atoms with Crippen LogP contribution in [0.2, 0.25) is 0 Å². The summed E-state index contributed by atoms with van der Waals surface area (Å²) >= 11 is 1.79. The molecule has 2 aromatic rings. The molecule has 0 saturated carbocycles. The molecule has 0 atom stereocenters. The quantitative estimate of drug-likeness (QED) is 0.852. The summed E-state index contributed by atoms with van der Waals surface area (Å²) in [6.07, 6.45) is 2.85. The second-order valence-electron chi connectivity index (χ2n) is 3.57. The highest BCUT2D eigenvalue weighted by Crippen LogP contribution is 2.13. The van der Waals surface area contributed by atoms with Gasteiger partial charge in [-0.15, -0.1) is 11.3 Å². The predicted octanol–water partition coefficient (Wildman–Crippen LogP) is 3.20. The molecule has 0 radical (unpaired) electrons. The molecule has 2 aromatic heterocycles. The highest BCUT2D eigenvalue weighted by Gasteiger charge is 1.97. The van der Waals surface area contributed by atoms with Gasteiger partial charge in [0.1, 0.15) is 0 Å². The maximum Gasteiger partial charge on any atom is 0.213 e. The SMILES string of the molecule is CCOc1ccc(NCCc2cccs2)cn1. The van der Waals surface area contributed by atoms with Crippen LogP contribution in [0.3, 0.4) is 0 Å². The molecular weight excluding hydrogens is 232 g/mol. The summed E-state index contributed by atoms with van der Waals surface area (Å²) in [6.45, 7) is 3.53. The van der Waals surface area contributed by atoms with Gasteiger partial charge in [0.05, 0.1) is 18.5 Å². The zero-order chi connectivity index (χ0) is 11.9. The predicted molar refractivity (Wildman–Crippen MR) is 71.9 cm³/mol. The van der Waals surface area contributed by atoms with E-state index in [1.165, 1.54) is 4.88 Å². The maximum atomic E-state index is 5.29. The minimum absolute atomic E-state index is 0.651. The Morgan fingerprint density at radius 3 is 2.94 bits per heavy atom. The molecule has 3 nitrogen and oxygen atoms in total. The third-order valence-electron chi connectivity index (χ3n) is 2.31. The Labute approximate surface area is 105 Å². The van der Waals surface area contributed by atoms with Gasteiger partial charge in [-0.1, -0.05) is 6.07 Å². The van der Waals surface area contributed by atoms with Gasteiger partial charge in [0.2, 0.25) is 5.88 Å². The Morgan fingerprint density at radius 1 is 1.35 bits per heavy atom. The third-order valence-corrected chi connectivity index (χ3v) is 3.25. The highest BCUT2D eigenvalue weighted by atomic mass is 32.1. The van der Waals surface area contributed by atoms with Crippen molar-refractivity contribution in [3.05, 3.63) is 40.7 Å². The van der Waals surface area contributed by atoms with E-state index in [1.807, 2.05) is 19.1 Å². The fourth-order valence-electron chi connectivity index (χ4n) is 1.50. The zero-order valence-electron chi connectivity index (χ0n) is 9.85. The number of anilines is 1. The van der Waals surface area contributed by atoms with E-state index >= 15 is 0 Å². The lowest BCUT2D eigenvalue weighted by atomic mass is 10.3. The molecule has 1 N–H and O–H groups in total. The van der Waals surface area contributed by atoms with Crippen molar-refractivity contribution in [1.82, 2.24) is 4.98 Å². The monoisotopic (exact) mass is 248 g/mol. The smallest absolute Gasteiger partial charge is 0.213 e. The van der Waals surface area contributed by atoms with E-state index in [-0.39, 0.29) is 0 Å². The standard InChI is InChI=1S/C13H16N2OS/c1-2-16-13-6-5-11(10-15-13)14-8-7-12-4-3-9-17-12/h3-6,9-10,14H,2,7-8H2,1H3. The first-order valence-electron chi connectivity index (χ1n) is 5.73. The van der Waals surface area contributed by atoms with Gasteiger partial charge >= 0.3 is 0 Å². The van der Waals surface area contributed by atoms with Crippen LogP contribution in [0.1, 0.15) is 11.8 Å². The van der Waals surface area contributed by atoms with Gasteiger partial charge in [-0.2, -0.15) is 0 Å². The molecule has 0 amide bonds. The summed E-state index contributed by atoms with van der Waals surface area (Å²) in [5.74, 6) is 0.677. The average molecular weight is 248 g/mol. The molecule has 0 aromatic carbocycles. The summed E-state index contributed by atoms with van der Waals surface area (Å²) < 4.78 is 5.29. The lowest BCUT2D eigenvalue weighted by Gasteiger charge is -2.06. The number of nitrogens with zero attached hydrogens (tertiary/aromatic N) is 1. The second kappa shape index (κ2) is 6.25. The number of thiophene rings is 1. The minimum Gasteiger partial charge on any atom is -0.478 e. The van der Waals surface area contributed by atoms with Crippen LogP contribution in [-0.2, 0) is 6.42 Å². The number of rotatable bonds is 6. The van der Waals surface area contributed by atoms with E-state index in [2.05, 4.69) is 27.8 Å². The largest absolute Gasteiger partial charge is 0.478 e. The van der Waals surface area contributed by atoms with Crippen LogP contribution in [-0.4, -0.2) is 18.1 Å². The van der Waals surface area contributed by atoms with Crippen LogP contribution in [0, 0.1) is 0 Å². The van der Waals surface area contributed by atoms with Crippen molar-refractivity contribution < 1.29 is 4.74 Å². The van der Waals surface area contributed by atoms with Crippen molar-refractivity contribution in [2.75, 3.05) is 18.5 Å². The van der Waals surface area contributed by atoms with Crippen molar-refractivity contribution in [2.45, 2.75) is 13.3 Å². The molecule has 17 heavy (non-hydrogen) atoms. The molecular formula is C13H16N2OS. The minimum atomic E-state index is 0.651. The molecule has 0 bridgehead atoms. The number of pyridine rings is 1. The van der Waals surface area contributed by atoms with Crippen molar-refractivity contribution in [2.24, 2.45) is 0 Å². The fourth-order valence-corrected chi connectivity index (χ4v) is 2.21. The maximum absolute atomic E-state index is 5.29. The Bertz CT molecular complexity index is 425. The van der Waals surface area contributed by atoms with E-state index in [0.29, 0.717) is 12.5 Å². The molecule has 0 fully saturated rings. The number of aromatic nitrogens is 1. The van der Waals surface area contributed by atoms with Crippen LogP contribution >= 0.6 is 11.3 Å². The van der Waals surface area contributed by atoms with Crippen LogP contribution < -0.4 is 10.1 Å². The van der Waals surface area contributed by atoms with Gasteiger partial charge < -0.3 is 10.1 Å².